The van der Waals surface area contributed by atoms with Crippen LogP contribution < -0.4 is 4.72 Å². The maximum absolute atomic E-state index is 12.9. The van der Waals surface area contributed by atoms with Gasteiger partial charge >= 0.3 is 11.9 Å². The lowest BCUT2D eigenvalue weighted by Gasteiger charge is -2.13. The molecule has 110 valence electrons. The number of carboxylic acid groups (broad SMARTS) is 2. The minimum atomic E-state index is -4.31. The lowest BCUT2D eigenvalue weighted by Crippen LogP contribution is -2.42. The summed E-state index contributed by atoms with van der Waals surface area (Å²) < 4.78 is 38.4. The zero-order valence-electron chi connectivity index (χ0n) is 9.71. The van der Waals surface area contributed by atoms with Crippen LogP contribution in [0.2, 0.25) is 0 Å². The quantitative estimate of drug-likeness (QED) is 0.681. The highest BCUT2D eigenvalue weighted by molar-refractivity contribution is 9.10. The molecular weight excluding hydrogens is 361 g/mol. The second-order valence-electron chi connectivity index (χ2n) is 3.68. The minimum Gasteiger partial charge on any atom is -0.481 e. The van der Waals surface area contributed by atoms with E-state index in [0.717, 1.165) is 18.2 Å². The minimum absolute atomic E-state index is 0.107. The van der Waals surface area contributed by atoms with Gasteiger partial charge in [-0.25, -0.2) is 12.8 Å². The first-order valence-corrected chi connectivity index (χ1v) is 7.33. The predicted octanol–water partition coefficient (Wildman–Crippen LogP) is 0.794. The first kappa shape index (κ1) is 16.5. The van der Waals surface area contributed by atoms with Gasteiger partial charge in [0.1, 0.15) is 11.9 Å². The van der Waals surface area contributed by atoms with Crippen LogP contribution in [0.25, 0.3) is 0 Å². The summed E-state index contributed by atoms with van der Waals surface area (Å²) >= 11 is 2.84. The van der Waals surface area contributed by atoms with Crippen LogP contribution in [-0.4, -0.2) is 36.6 Å². The fraction of sp³-hybridized carbons (Fsp3) is 0.200. The summed E-state index contributed by atoms with van der Waals surface area (Å²) in [4.78, 5) is 20.9. The molecule has 0 aliphatic heterocycles. The smallest absolute Gasteiger partial charge is 0.322 e. The zero-order valence-corrected chi connectivity index (χ0v) is 12.1. The van der Waals surface area contributed by atoms with E-state index in [1.165, 1.54) is 0 Å². The summed E-state index contributed by atoms with van der Waals surface area (Å²) in [5.41, 5.74) is 0. The molecule has 0 saturated carbocycles. The molecule has 1 aromatic carbocycles. The summed E-state index contributed by atoms with van der Waals surface area (Å²) in [6.45, 7) is 0. The van der Waals surface area contributed by atoms with E-state index in [0.29, 0.717) is 0 Å². The van der Waals surface area contributed by atoms with Crippen molar-refractivity contribution in [1.82, 2.24) is 4.72 Å². The van der Waals surface area contributed by atoms with Crippen molar-refractivity contribution in [2.45, 2.75) is 17.4 Å². The van der Waals surface area contributed by atoms with Gasteiger partial charge in [-0.2, -0.15) is 4.72 Å². The molecule has 0 aromatic heterocycles. The predicted molar refractivity (Wildman–Crippen MR) is 68.1 cm³/mol. The zero-order chi connectivity index (χ0) is 15.5. The van der Waals surface area contributed by atoms with E-state index >= 15 is 0 Å². The Morgan fingerprint density at radius 3 is 2.40 bits per heavy atom. The lowest BCUT2D eigenvalue weighted by molar-refractivity contribution is -0.145. The fourth-order valence-corrected chi connectivity index (χ4v) is 3.54. The average molecular weight is 370 g/mol. The number of hydrogen-bond donors (Lipinski definition) is 3. The van der Waals surface area contributed by atoms with Crippen molar-refractivity contribution in [3.8, 4) is 0 Å². The summed E-state index contributed by atoms with van der Waals surface area (Å²) in [5.74, 6) is -3.79. The molecule has 20 heavy (non-hydrogen) atoms. The molecule has 0 saturated heterocycles. The molecule has 0 aliphatic rings. The van der Waals surface area contributed by atoms with Crippen molar-refractivity contribution in [2.24, 2.45) is 0 Å². The van der Waals surface area contributed by atoms with Crippen molar-refractivity contribution >= 4 is 37.9 Å². The summed E-state index contributed by atoms with van der Waals surface area (Å²) in [6.07, 6.45) is -0.923. The number of halogens is 2. The summed E-state index contributed by atoms with van der Waals surface area (Å²) in [7, 11) is -4.31. The van der Waals surface area contributed by atoms with Gasteiger partial charge in [0.2, 0.25) is 10.0 Å². The second-order valence-corrected chi connectivity index (χ2v) is 6.22. The van der Waals surface area contributed by atoms with Gasteiger partial charge in [0.15, 0.2) is 0 Å². The SMILES string of the molecule is O=C(O)C[C@@H](NS(=O)(=O)c1ccc(F)cc1Br)C(=O)O. The molecule has 0 heterocycles. The Kier molecular flexibility index (Phi) is 5.20. The van der Waals surface area contributed by atoms with Crippen molar-refractivity contribution in [2.75, 3.05) is 0 Å². The van der Waals surface area contributed by atoms with Gasteiger partial charge in [-0.3, -0.25) is 9.59 Å². The van der Waals surface area contributed by atoms with Crippen LogP contribution in [0.5, 0.6) is 0 Å². The Morgan fingerprint density at radius 2 is 1.95 bits per heavy atom. The van der Waals surface area contributed by atoms with E-state index in [4.69, 9.17) is 10.2 Å². The summed E-state index contributed by atoms with van der Waals surface area (Å²) in [6, 6.07) is 0.879. The molecule has 0 amide bonds. The number of aliphatic carboxylic acids is 2. The largest absolute Gasteiger partial charge is 0.481 e. The lowest BCUT2D eigenvalue weighted by atomic mass is 10.2. The third-order valence-electron chi connectivity index (χ3n) is 2.16. The van der Waals surface area contributed by atoms with Gasteiger partial charge in [0, 0.05) is 4.47 Å². The van der Waals surface area contributed by atoms with Crippen molar-refractivity contribution < 1.29 is 32.6 Å². The number of carbonyl (C=O) groups is 2. The number of sulfonamides is 1. The Bertz CT molecular complexity index is 647. The monoisotopic (exact) mass is 369 g/mol. The number of rotatable bonds is 6. The molecule has 10 heteroatoms. The Morgan fingerprint density at radius 1 is 1.35 bits per heavy atom. The average Bonchev–Trinajstić information content (AvgIpc) is 2.26. The van der Waals surface area contributed by atoms with E-state index in [1.807, 2.05) is 0 Å². The first-order valence-electron chi connectivity index (χ1n) is 5.05. The van der Waals surface area contributed by atoms with Gasteiger partial charge in [-0.1, -0.05) is 0 Å². The van der Waals surface area contributed by atoms with Crippen LogP contribution >= 0.6 is 15.9 Å². The maximum atomic E-state index is 12.9. The van der Waals surface area contributed by atoms with Crippen LogP contribution in [0.3, 0.4) is 0 Å². The molecule has 0 spiro atoms. The molecule has 0 bridgehead atoms. The molecule has 0 aliphatic carbocycles. The highest BCUT2D eigenvalue weighted by Crippen LogP contribution is 2.23. The van der Waals surface area contributed by atoms with E-state index < -0.39 is 45.1 Å². The number of benzene rings is 1. The van der Waals surface area contributed by atoms with E-state index in [1.54, 1.807) is 4.72 Å². The highest BCUT2D eigenvalue weighted by atomic mass is 79.9. The standard InChI is InChI=1S/C10H9BrFNO6S/c11-6-3-5(12)1-2-8(6)20(18,19)13-7(10(16)17)4-9(14)15/h1-3,7,13H,4H2,(H,14,15)(H,16,17)/t7-/m1/s1. The van der Waals surface area contributed by atoms with Crippen LogP contribution in [0.1, 0.15) is 6.42 Å². The van der Waals surface area contributed by atoms with Gasteiger partial charge < -0.3 is 10.2 Å². The highest BCUT2D eigenvalue weighted by Gasteiger charge is 2.28. The first-order chi connectivity index (χ1) is 9.13. The van der Waals surface area contributed by atoms with E-state index in [9.17, 15) is 22.4 Å². The Balaban J connectivity index is 3.09. The second kappa shape index (κ2) is 6.29. The third kappa shape index (κ3) is 4.25. The third-order valence-corrected chi connectivity index (χ3v) is 4.61. The molecule has 0 unspecified atom stereocenters. The molecule has 0 radical (unpaired) electrons. The van der Waals surface area contributed by atoms with Gasteiger partial charge in [0.25, 0.3) is 0 Å². The Hall–Kier alpha value is -1.52. The topological polar surface area (TPSA) is 121 Å². The van der Waals surface area contributed by atoms with Crippen LogP contribution in [0.4, 0.5) is 4.39 Å². The fourth-order valence-electron chi connectivity index (χ4n) is 1.30. The number of carboxylic acids is 2. The Labute approximate surface area is 121 Å². The number of nitrogens with one attached hydrogen (secondary N) is 1. The van der Waals surface area contributed by atoms with Gasteiger partial charge in [0.05, 0.1) is 11.3 Å². The molecule has 0 fully saturated rings. The number of hydrogen-bond acceptors (Lipinski definition) is 4. The molecule has 1 aromatic rings. The maximum Gasteiger partial charge on any atom is 0.322 e. The van der Waals surface area contributed by atoms with Gasteiger partial charge in [-0.05, 0) is 34.1 Å². The molecule has 7 nitrogen and oxygen atoms in total. The van der Waals surface area contributed by atoms with E-state index in [-0.39, 0.29) is 4.47 Å². The van der Waals surface area contributed by atoms with Crippen LogP contribution in [-0.2, 0) is 19.6 Å². The van der Waals surface area contributed by atoms with Crippen molar-refractivity contribution in [3.63, 3.8) is 0 Å². The van der Waals surface area contributed by atoms with Crippen LogP contribution in [0.15, 0.2) is 27.6 Å². The van der Waals surface area contributed by atoms with E-state index in [2.05, 4.69) is 15.9 Å². The molecule has 1 atom stereocenters. The molecular formula is C10H9BrFNO6S. The van der Waals surface area contributed by atoms with Crippen molar-refractivity contribution in [3.05, 3.63) is 28.5 Å². The van der Waals surface area contributed by atoms with Crippen molar-refractivity contribution in [1.29, 1.82) is 0 Å². The normalized spacial score (nSPS) is 12.9. The van der Waals surface area contributed by atoms with Crippen LogP contribution in [0, 0.1) is 5.82 Å². The summed E-state index contributed by atoms with van der Waals surface area (Å²) in [5, 5.41) is 17.3. The van der Waals surface area contributed by atoms with Gasteiger partial charge in [-0.15, -0.1) is 0 Å². The molecule has 3 N–H and O–H groups in total. The molecule has 1 rings (SSSR count).